The molecule has 0 radical (unpaired) electrons. The van der Waals surface area contributed by atoms with Crippen LogP contribution < -0.4 is 3.80 Å². The number of nitrogens with one attached hydrogen (secondary N) is 1. The van der Waals surface area contributed by atoms with Gasteiger partial charge in [-0.05, 0) is 0 Å². The van der Waals surface area contributed by atoms with Gasteiger partial charge in [-0.3, -0.25) is 0 Å². The van der Waals surface area contributed by atoms with Gasteiger partial charge in [0.2, 0.25) is 0 Å². The van der Waals surface area contributed by atoms with Crippen LogP contribution in [0.4, 0.5) is 0 Å². The molecule has 0 bridgehead atoms. The number of benzene rings is 2. The Morgan fingerprint density at radius 2 is 1.81 bits per heavy atom. The summed E-state index contributed by atoms with van der Waals surface area (Å²) < 4.78 is 4.95. The van der Waals surface area contributed by atoms with Gasteiger partial charge in [0.15, 0.2) is 0 Å². The summed E-state index contributed by atoms with van der Waals surface area (Å²) in [5.41, 5.74) is 7.51. The third kappa shape index (κ3) is 5.24. The van der Waals surface area contributed by atoms with E-state index in [0.29, 0.717) is 0 Å². The number of allylic oxidation sites excluding steroid dienone is 4. The summed E-state index contributed by atoms with van der Waals surface area (Å²) in [6.07, 6.45) is 6.03. The minimum Gasteiger partial charge on any atom is -0.147 e. The zero-order chi connectivity index (χ0) is 16.9. The van der Waals surface area contributed by atoms with Gasteiger partial charge in [0.05, 0.1) is 0 Å². The van der Waals surface area contributed by atoms with Gasteiger partial charge < -0.3 is 0 Å². The Balaban J connectivity index is 0.00000169. The fourth-order valence-corrected chi connectivity index (χ4v) is 5.04. The van der Waals surface area contributed by atoms with Crippen LogP contribution in [-0.4, -0.2) is 6.54 Å². The summed E-state index contributed by atoms with van der Waals surface area (Å²) in [6.45, 7) is 7.96. The second kappa shape index (κ2) is 11.3. The summed E-state index contributed by atoms with van der Waals surface area (Å²) in [6, 6.07) is 13.5. The Kier molecular flexibility index (Phi) is 10.2. The molecule has 0 spiro atoms. The van der Waals surface area contributed by atoms with Crippen molar-refractivity contribution in [3.63, 3.8) is 0 Å². The predicted molar refractivity (Wildman–Crippen MR) is 116 cm³/mol. The first-order valence-corrected chi connectivity index (χ1v) is 10.9. The molecule has 0 heterocycles. The Hall–Kier alpha value is -0.566. The predicted octanol–water partition coefficient (Wildman–Crippen LogP) is 6.69. The van der Waals surface area contributed by atoms with Crippen LogP contribution in [0, 0.1) is 0 Å². The van der Waals surface area contributed by atoms with Gasteiger partial charge in [0, 0.05) is 0 Å². The molecule has 4 heteroatoms. The van der Waals surface area contributed by atoms with Gasteiger partial charge in [-0.1, -0.05) is 0 Å². The maximum absolute atomic E-state index is 3.73. The SMILES string of the molecule is CCCC[NH][Ti][CH2]c1c(C2=C(C)C(C)=CC2)ccc2ccccc12.Cl.Cl. The maximum Gasteiger partial charge on any atom is -0.147 e. The second-order valence-corrected chi connectivity index (χ2v) is 8.30. The number of fused-ring (bicyclic) bond motifs is 1. The van der Waals surface area contributed by atoms with Gasteiger partial charge in [-0.25, -0.2) is 0 Å². The topological polar surface area (TPSA) is 12.0 Å². The minimum atomic E-state index is -0.132. The van der Waals surface area contributed by atoms with E-state index in [4.69, 9.17) is 0 Å². The molecule has 0 saturated heterocycles. The molecule has 1 aliphatic rings. The number of halogens is 2. The van der Waals surface area contributed by atoms with Crippen LogP contribution in [0.2, 0.25) is 0 Å². The molecule has 3 rings (SSSR count). The van der Waals surface area contributed by atoms with E-state index in [-0.39, 0.29) is 44.2 Å². The molecule has 2 aromatic carbocycles. The molecule has 1 N–H and O–H groups in total. The van der Waals surface area contributed by atoms with Crippen LogP contribution >= 0.6 is 24.8 Å². The fourth-order valence-electron chi connectivity index (χ4n) is 3.42. The summed E-state index contributed by atoms with van der Waals surface area (Å²) in [7, 11) is 0. The molecule has 2 aromatic rings. The van der Waals surface area contributed by atoms with E-state index in [0.717, 1.165) is 6.42 Å². The van der Waals surface area contributed by atoms with Crippen LogP contribution in [-0.2, 0) is 24.1 Å². The number of unbranched alkanes of at least 4 members (excludes halogenated alkanes) is 1. The van der Waals surface area contributed by atoms with E-state index in [1.54, 1.807) is 5.56 Å². The summed E-state index contributed by atoms with van der Waals surface area (Å²) >= 11 is -0.132. The first kappa shape index (κ1) is 23.5. The molecule has 0 aromatic heterocycles. The molecule has 0 fully saturated rings. The van der Waals surface area contributed by atoms with E-state index < -0.39 is 0 Å². The molecular weight excluding hydrogens is 397 g/mol. The molecule has 0 saturated carbocycles. The third-order valence-electron chi connectivity index (χ3n) is 5.07. The second-order valence-electron chi connectivity index (χ2n) is 6.64. The standard InChI is InChI=1S/C18H17.C4H10N.2ClH.Ti/c1-12-8-10-17(13(12)2)18-11-9-15-6-4-5-7-16(15)14(18)3;1-2-3-4-5;;;/h4-9,11H,3,10H2,1-2H3;5H,2-4H2,1H3;2*1H;/q;-1;;;+1. The van der Waals surface area contributed by atoms with E-state index in [9.17, 15) is 0 Å². The van der Waals surface area contributed by atoms with Crippen molar-refractivity contribution in [2.75, 3.05) is 6.54 Å². The summed E-state index contributed by atoms with van der Waals surface area (Å²) in [5.74, 6) is 0. The molecular formula is C22H29Cl2NTi. The molecule has 26 heavy (non-hydrogen) atoms. The Labute approximate surface area is 179 Å². The van der Waals surface area contributed by atoms with Crippen LogP contribution in [0.25, 0.3) is 16.3 Å². The minimum absolute atomic E-state index is 0. The molecule has 0 atom stereocenters. The summed E-state index contributed by atoms with van der Waals surface area (Å²) in [4.78, 5) is 0. The normalized spacial score (nSPS) is 13.3. The average Bonchev–Trinajstić information content (AvgIpc) is 2.94. The van der Waals surface area contributed by atoms with Gasteiger partial charge in [-0.2, -0.15) is 0 Å². The molecule has 0 aliphatic heterocycles. The maximum atomic E-state index is 3.73. The van der Waals surface area contributed by atoms with Crippen molar-refractivity contribution < 1.29 is 19.4 Å². The van der Waals surface area contributed by atoms with Crippen molar-refractivity contribution in [1.82, 2.24) is 3.80 Å². The molecule has 1 aliphatic carbocycles. The van der Waals surface area contributed by atoms with Crippen molar-refractivity contribution in [2.45, 2.75) is 44.8 Å². The van der Waals surface area contributed by atoms with E-state index in [2.05, 4.69) is 67.0 Å². The van der Waals surface area contributed by atoms with Crippen molar-refractivity contribution in [1.29, 1.82) is 0 Å². The zero-order valence-electron chi connectivity index (χ0n) is 15.9. The smallest absolute Gasteiger partial charge is 0.147 e. The Morgan fingerprint density at radius 3 is 2.50 bits per heavy atom. The third-order valence-corrected chi connectivity index (χ3v) is 6.68. The quantitative estimate of drug-likeness (QED) is 0.384. The average molecular weight is 426 g/mol. The van der Waals surface area contributed by atoms with Gasteiger partial charge in [0.25, 0.3) is 0 Å². The van der Waals surface area contributed by atoms with Crippen LogP contribution in [0.3, 0.4) is 0 Å². The molecule has 1 nitrogen and oxygen atoms in total. The summed E-state index contributed by atoms with van der Waals surface area (Å²) in [5, 5.41) is 2.82. The Bertz CT molecular complexity index is 796. The van der Waals surface area contributed by atoms with Crippen molar-refractivity contribution >= 4 is 41.2 Å². The van der Waals surface area contributed by atoms with E-state index in [1.165, 1.54) is 57.2 Å². The first-order valence-electron chi connectivity index (χ1n) is 9.06. The fraction of sp³-hybridized carbons (Fsp3) is 0.364. The molecule has 0 unspecified atom stereocenters. The first-order chi connectivity index (χ1) is 11.7. The van der Waals surface area contributed by atoms with Crippen molar-refractivity contribution in [3.05, 3.63) is 64.7 Å². The molecule has 0 amide bonds. The van der Waals surface area contributed by atoms with Crippen LogP contribution in [0.1, 0.15) is 51.2 Å². The van der Waals surface area contributed by atoms with Crippen molar-refractivity contribution in [2.24, 2.45) is 0 Å². The number of hydrogen-bond donors (Lipinski definition) is 1. The van der Waals surface area contributed by atoms with Gasteiger partial charge >= 0.3 is 156 Å². The Morgan fingerprint density at radius 1 is 1.04 bits per heavy atom. The zero-order valence-corrected chi connectivity index (χ0v) is 19.1. The molecule has 140 valence electrons. The van der Waals surface area contributed by atoms with Gasteiger partial charge in [-0.15, -0.1) is 24.8 Å². The van der Waals surface area contributed by atoms with Crippen LogP contribution in [0.15, 0.2) is 53.6 Å². The van der Waals surface area contributed by atoms with Gasteiger partial charge in [0.1, 0.15) is 0 Å². The number of hydrogen-bond acceptors (Lipinski definition) is 1. The van der Waals surface area contributed by atoms with Crippen LogP contribution in [0.5, 0.6) is 0 Å². The monoisotopic (exact) mass is 425 g/mol. The van der Waals surface area contributed by atoms with Crippen molar-refractivity contribution in [3.8, 4) is 0 Å². The van der Waals surface area contributed by atoms with E-state index in [1.807, 2.05) is 0 Å². The largest absolute Gasteiger partial charge is 0.147 e. The van der Waals surface area contributed by atoms with E-state index >= 15 is 0 Å². The number of rotatable bonds is 7.